The highest BCUT2D eigenvalue weighted by Gasteiger charge is 2.08. The molecule has 0 radical (unpaired) electrons. The topological polar surface area (TPSA) is 91.8 Å². The van der Waals surface area contributed by atoms with Gasteiger partial charge in [0.1, 0.15) is 5.75 Å². The SMILES string of the molecule is CN=C(NCc1ccccc1NS(C)(=O)=O)NCc1ccc(C)cc1OC.I. The molecule has 0 aliphatic heterocycles. The van der Waals surface area contributed by atoms with Crippen molar-refractivity contribution in [3.63, 3.8) is 0 Å². The van der Waals surface area contributed by atoms with E-state index in [0.717, 1.165) is 28.7 Å². The molecule has 2 aromatic carbocycles. The number of guanidine groups is 1. The summed E-state index contributed by atoms with van der Waals surface area (Å²) in [4.78, 5) is 4.21. The number of sulfonamides is 1. The quantitative estimate of drug-likeness (QED) is 0.298. The minimum atomic E-state index is -3.34. The van der Waals surface area contributed by atoms with Crippen LogP contribution in [0.5, 0.6) is 5.75 Å². The van der Waals surface area contributed by atoms with Crippen LogP contribution in [0.15, 0.2) is 47.5 Å². The Morgan fingerprint density at radius 2 is 1.71 bits per heavy atom. The Morgan fingerprint density at radius 1 is 1.07 bits per heavy atom. The predicted molar refractivity (Wildman–Crippen MR) is 125 cm³/mol. The van der Waals surface area contributed by atoms with E-state index in [9.17, 15) is 8.42 Å². The number of methoxy groups -OCH3 is 1. The molecule has 2 rings (SSSR count). The van der Waals surface area contributed by atoms with Gasteiger partial charge in [-0.15, -0.1) is 24.0 Å². The molecule has 0 atom stereocenters. The van der Waals surface area contributed by atoms with Crippen molar-refractivity contribution in [1.82, 2.24) is 10.6 Å². The van der Waals surface area contributed by atoms with Crippen molar-refractivity contribution < 1.29 is 13.2 Å². The maximum atomic E-state index is 11.5. The minimum absolute atomic E-state index is 0. The van der Waals surface area contributed by atoms with Crippen LogP contribution in [-0.2, 0) is 23.1 Å². The number of anilines is 1. The minimum Gasteiger partial charge on any atom is -0.496 e. The first kappa shape index (κ1) is 24.0. The van der Waals surface area contributed by atoms with Crippen molar-refractivity contribution in [3.8, 4) is 5.75 Å². The number of benzene rings is 2. The molecule has 2 aromatic rings. The Kier molecular flexibility index (Phi) is 9.53. The molecule has 9 heteroatoms. The molecule has 28 heavy (non-hydrogen) atoms. The zero-order valence-electron chi connectivity index (χ0n) is 16.4. The lowest BCUT2D eigenvalue weighted by Gasteiger charge is -2.16. The standard InChI is InChI=1S/C19H26N4O3S.HI/c1-14-9-10-16(18(11-14)26-3)13-22-19(20-2)21-12-15-7-5-6-8-17(15)23-27(4,24)25;/h5-11,23H,12-13H2,1-4H3,(H2,20,21,22);1H. The number of nitrogens with zero attached hydrogens (tertiary/aromatic N) is 1. The molecular formula is C19H27IN4O3S. The Bertz CT molecular complexity index is 917. The zero-order valence-corrected chi connectivity index (χ0v) is 19.6. The average Bonchev–Trinajstić information content (AvgIpc) is 2.62. The molecule has 0 fully saturated rings. The fourth-order valence-electron chi connectivity index (χ4n) is 2.55. The van der Waals surface area contributed by atoms with Crippen LogP contribution in [0.1, 0.15) is 16.7 Å². The summed E-state index contributed by atoms with van der Waals surface area (Å²) < 4.78 is 31.0. The molecular weight excluding hydrogens is 491 g/mol. The molecule has 0 amide bonds. The zero-order chi connectivity index (χ0) is 19.9. The summed E-state index contributed by atoms with van der Waals surface area (Å²) in [5.74, 6) is 1.42. The summed E-state index contributed by atoms with van der Waals surface area (Å²) in [5, 5.41) is 6.43. The first-order valence-electron chi connectivity index (χ1n) is 8.46. The molecule has 0 spiro atoms. The Morgan fingerprint density at radius 3 is 2.32 bits per heavy atom. The van der Waals surface area contributed by atoms with Gasteiger partial charge in [-0.2, -0.15) is 0 Å². The molecule has 3 N–H and O–H groups in total. The molecule has 0 saturated carbocycles. The summed E-state index contributed by atoms with van der Waals surface area (Å²) in [7, 11) is -0.00608. The lowest BCUT2D eigenvalue weighted by atomic mass is 10.1. The van der Waals surface area contributed by atoms with E-state index in [-0.39, 0.29) is 24.0 Å². The second-order valence-electron chi connectivity index (χ2n) is 6.13. The van der Waals surface area contributed by atoms with Gasteiger partial charge in [-0.3, -0.25) is 9.71 Å². The van der Waals surface area contributed by atoms with Crippen molar-refractivity contribution in [2.45, 2.75) is 20.0 Å². The lowest BCUT2D eigenvalue weighted by molar-refractivity contribution is 0.408. The van der Waals surface area contributed by atoms with Crippen LogP contribution in [0.3, 0.4) is 0 Å². The maximum absolute atomic E-state index is 11.5. The van der Waals surface area contributed by atoms with Crippen molar-refractivity contribution in [2.75, 3.05) is 25.1 Å². The third kappa shape index (κ3) is 7.55. The van der Waals surface area contributed by atoms with Crippen LogP contribution >= 0.6 is 24.0 Å². The van der Waals surface area contributed by atoms with Gasteiger partial charge in [-0.05, 0) is 30.2 Å². The van der Waals surface area contributed by atoms with E-state index >= 15 is 0 Å². The van der Waals surface area contributed by atoms with E-state index in [0.29, 0.717) is 24.7 Å². The molecule has 0 aliphatic rings. The fourth-order valence-corrected chi connectivity index (χ4v) is 3.15. The van der Waals surface area contributed by atoms with E-state index in [4.69, 9.17) is 4.74 Å². The molecule has 0 saturated heterocycles. The number of para-hydroxylation sites is 1. The third-order valence-electron chi connectivity index (χ3n) is 3.87. The molecule has 0 aliphatic carbocycles. The van der Waals surface area contributed by atoms with Crippen LogP contribution in [0.25, 0.3) is 0 Å². The van der Waals surface area contributed by atoms with E-state index in [2.05, 4.69) is 20.3 Å². The van der Waals surface area contributed by atoms with E-state index in [1.807, 2.05) is 37.3 Å². The van der Waals surface area contributed by atoms with Gasteiger partial charge in [0.25, 0.3) is 0 Å². The van der Waals surface area contributed by atoms with Crippen molar-refractivity contribution >= 4 is 45.6 Å². The van der Waals surface area contributed by atoms with Crippen LogP contribution in [0.4, 0.5) is 5.69 Å². The summed E-state index contributed by atoms with van der Waals surface area (Å²) in [6, 6.07) is 13.3. The van der Waals surface area contributed by atoms with E-state index in [1.54, 1.807) is 26.3 Å². The van der Waals surface area contributed by atoms with Crippen LogP contribution in [0, 0.1) is 6.92 Å². The third-order valence-corrected chi connectivity index (χ3v) is 4.46. The number of rotatable bonds is 7. The molecule has 0 heterocycles. The molecule has 7 nitrogen and oxygen atoms in total. The number of hydrogen-bond acceptors (Lipinski definition) is 4. The van der Waals surface area contributed by atoms with Crippen LogP contribution < -0.4 is 20.1 Å². The lowest BCUT2D eigenvalue weighted by Crippen LogP contribution is -2.36. The van der Waals surface area contributed by atoms with Gasteiger partial charge in [-0.25, -0.2) is 8.42 Å². The Balaban J connectivity index is 0.00000392. The summed E-state index contributed by atoms with van der Waals surface area (Å²) in [6.07, 6.45) is 1.13. The first-order chi connectivity index (χ1) is 12.8. The molecule has 0 unspecified atom stereocenters. The van der Waals surface area contributed by atoms with Gasteiger partial charge in [0.2, 0.25) is 10.0 Å². The molecule has 0 bridgehead atoms. The number of nitrogens with one attached hydrogen (secondary N) is 3. The van der Waals surface area contributed by atoms with Gasteiger partial charge < -0.3 is 15.4 Å². The van der Waals surface area contributed by atoms with Crippen molar-refractivity contribution in [2.24, 2.45) is 4.99 Å². The van der Waals surface area contributed by atoms with Crippen LogP contribution in [-0.4, -0.2) is 34.8 Å². The second-order valence-corrected chi connectivity index (χ2v) is 7.87. The number of halogens is 1. The largest absolute Gasteiger partial charge is 0.496 e. The maximum Gasteiger partial charge on any atom is 0.229 e. The normalized spacial score (nSPS) is 11.4. The summed E-state index contributed by atoms with van der Waals surface area (Å²) in [5.41, 5.74) is 3.51. The number of aliphatic imine (C=N–C) groups is 1. The Labute approximate surface area is 184 Å². The summed E-state index contributed by atoms with van der Waals surface area (Å²) in [6.45, 7) is 2.98. The Hall–Kier alpha value is -2.01. The fraction of sp³-hybridized carbons (Fsp3) is 0.316. The van der Waals surface area contributed by atoms with Crippen molar-refractivity contribution in [1.29, 1.82) is 0 Å². The first-order valence-corrected chi connectivity index (χ1v) is 10.3. The number of ether oxygens (including phenoxy) is 1. The average molecular weight is 518 g/mol. The van der Waals surface area contributed by atoms with Gasteiger partial charge in [0.05, 0.1) is 19.1 Å². The predicted octanol–water partition coefficient (Wildman–Crippen LogP) is 2.86. The van der Waals surface area contributed by atoms with E-state index in [1.165, 1.54) is 0 Å². The number of aryl methyl sites for hydroxylation is 1. The molecule has 154 valence electrons. The van der Waals surface area contributed by atoms with Gasteiger partial charge in [0.15, 0.2) is 5.96 Å². The smallest absolute Gasteiger partial charge is 0.229 e. The van der Waals surface area contributed by atoms with Gasteiger partial charge in [0, 0.05) is 25.7 Å². The summed E-state index contributed by atoms with van der Waals surface area (Å²) >= 11 is 0. The molecule has 0 aromatic heterocycles. The van der Waals surface area contributed by atoms with E-state index < -0.39 is 10.0 Å². The van der Waals surface area contributed by atoms with Gasteiger partial charge >= 0.3 is 0 Å². The van der Waals surface area contributed by atoms with Crippen molar-refractivity contribution in [3.05, 3.63) is 59.2 Å². The van der Waals surface area contributed by atoms with Crippen LogP contribution in [0.2, 0.25) is 0 Å². The number of hydrogen-bond donors (Lipinski definition) is 3. The highest BCUT2D eigenvalue weighted by Crippen LogP contribution is 2.19. The monoisotopic (exact) mass is 518 g/mol. The second kappa shape index (κ2) is 11.1. The van der Waals surface area contributed by atoms with Gasteiger partial charge in [-0.1, -0.05) is 30.3 Å². The highest BCUT2D eigenvalue weighted by atomic mass is 127. The highest BCUT2D eigenvalue weighted by molar-refractivity contribution is 14.0.